The van der Waals surface area contributed by atoms with Crippen LogP contribution in [-0.4, -0.2) is 36.9 Å². The highest BCUT2D eigenvalue weighted by atomic mass is 32.1. The van der Waals surface area contributed by atoms with Crippen molar-refractivity contribution in [2.24, 2.45) is 0 Å². The Bertz CT molecular complexity index is 755. The van der Waals surface area contributed by atoms with Gasteiger partial charge < -0.3 is 20.4 Å². The topological polar surface area (TPSA) is 66.2 Å². The molecule has 0 saturated carbocycles. The first kappa shape index (κ1) is 17.4. The zero-order valence-electron chi connectivity index (χ0n) is 13.8. The fourth-order valence-corrected chi connectivity index (χ4v) is 2.65. The van der Waals surface area contributed by atoms with Crippen LogP contribution in [-0.2, 0) is 11.2 Å². The van der Waals surface area contributed by atoms with Crippen LogP contribution in [0.1, 0.15) is 16.7 Å². The molecule has 2 aromatic rings. The normalized spacial score (nSPS) is 10.7. The van der Waals surface area contributed by atoms with Gasteiger partial charge in [-0.05, 0) is 49.7 Å². The summed E-state index contributed by atoms with van der Waals surface area (Å²) in [5.41, 5.74) is 3.89. The maximum absolute atomic E-state index is 12.2. The predicted molar refractivity (Wildman–Crippen MR) is 98.2 cm³/mol. The Morgan fingerprint density at radius 1 is 1.22 bits per heavy atom. The van der Waals surface area contributed by atoms with Crippen LogP contribution in [0.25, 0.3) is 10.9 Å². The smallest absolute Gasteiger partial charge is 0.251 e. The van der Waals surface area contributed by atoms with E-state index in [0.717, 1.165) is 27.6 Å². The highest BCUT2D eigenvalue weighted by Gasteiger charge is 2.07. The summed E-state index contributed by atoms with van der Waals surface area (Å²) in [5.74, 6) is 0. The monoisotopic (exact) mass is 333 g/mol. The van der Waals surface area contributed by atoms with Crippen LogP contribution in [0, 0.1) is 13.8 Å². The molecule has 23 heavy (non-hydrogen) atoms. The Hall–Kier alpha value is -1.92. The van der Waals surface area contributed by atoms with Gasteiger partial charge in [-0.25, -0.2) is 0 Å². The predicted octanol–water partition coefficient (Wildman–Crippen LogP) is 1.80. The van der Waals surface area contributed by atoms with Crippen LogP contribution in [0.2, 0.25) is 0 Å². The van der Waals surface area contributed by atoms with E-state index >= 15 is 0 Å². The van der Waals surface area contributed by atoms with E-state index in [1.807, 2.05) is 19.1 Å². The first-order chi connectivity index (χ1) is 11.0. The van der Waals surface area contributed by atoms with E-state index in [1.54, 1.807) is 7.11 Å². The lowest BCUT2D eigenvalue weighted by molar-refractivity contribution is 0.204. The Labute approximate surface area is 141 Å². The van der Waals surface area contributed by atoms with Gasteiger partial charge in [0, 0.05) is 31.1 Å². The molecule has 2 rings (SSSR count). The Kier molecular flexibility index (Phi) is 6.12. The van der Waals surface area contributed by atoms with Crippen molar-refractivity contribution in [1.29, 1.82) is 0 Å². The summed E-state index contributed by atoms with van der Waals surface area (Å²) in [6.45, 7) is 5.93. The highest BCUT2D eigenvalue weighted by molar-refractivity contribution is 7.80. The number of thiocarbonyl (C=S) groups is 1. The SMILES string of the molecule is COCCNC(=S)NCCc1cc2c(C)ccc(C)c2[nH]c1=O. The Morgan fingerprint density at radius 3 is 2.65 bits per heavy atom. The molecule has 0 atom stereocenters. The number of nitrogens with one attached hydrogen (secondary N) is 3. The molecular formula is C17H23N3O2S. The largest absolute Gasteiger partial charge is 0.383 e. The summed E-state index contributed by atoms with van der Waals surface area (Å²) in [6, 6.07) is 6.09. The third kappa shape index (κ3) is 4.53. The van der Waals surface area contributed by atoms with E-state index in [1.165, 1.54) is 0 Å². The molecule has 3 N–H and O–H groups in total. The van der Waals surface area contributed by atoms with Crippen LogP contribution in [0.5, 0.6) is 0 Å². The first-order valence-corrected chi connectivity index (χ1v) is 8.06. The number of hydrogen-bond acceptors (Lipinski definition) is 3. The summed E-state index contributed by atoms with van der Waals surface area (Å²) in [4.78, 5) is 15.2. The fourth-order valence-electron chi connectivity index (χ4n) is 2.44. The van der Waals surface area contributed by atoms with Gasteiger partial charge in [0.05, 0.1) is 12.1 Å². The van der Waals surface area contributed by atoms with Crippen molar-refractivity contribution < 1.29 is 4.74 Å². The third-order valence-electron chi connectivity index (χ3n) is 3.79. The number of benzene rings is 1. The molecule has 0 aliphatic rings. The lowest BCUT2D eigenvalue weighted by Gasteiger charge is -2.11. The molecule has 0 fully saturated rings. The van der Waals surface area contributed by atoms with Crippen molar-refractivity contribution in [2.45, 2.75) is 20.3 Å². The van der Waals surface area contributed by atoms with Crippen molar-refractivity contribution in [3.8, 4) is 0 Å². The molecule has 1 aromatic heterocycles. The number of aromatic amines is 1. The van der Waals surface area contributed by atoms with Crippen molar-refractivity contribution in [1.82, 2.24) is 15.6 Å². The lowest BCUT2D eigenvalue weighted by Crippen LogP contribution is -2.38. The molecule has 1 aromatic carbocycles. The van der Waals surface area contributed by atoms with Crippen molar-refractivity contribution in [3.05, 3.63) is 45.2 Å². The van der Waals surface area contributed by atoms with Crippen LogP contribution < -0.4 is 16.2 Å². The zero-order valence-corrected chi connectivity index (χ0v) is 14.6. The summed E-state index contributed by atoms with van der Waals surface area (Å²) in [6.07, 6.45) is 0.616. The summed E-state index contributed by atoms with van der Waals surface area (Å²) in [5, 5.41) is 7.82. The standard InChI is InChI=1S/C17H23N3O2S/c1-11-4-5-12(2)15-14(11)10-13(16(21)20-15)6-7-18-17(23)19-8-9-22-3/h4-5,10H,6-9H2,1-3H3,(H,20,21)(H2,18,19,23). The Balaban J connectivity index is 2.03. The number of fused-ring (bicyclic) bond motifs is 1. The van der Waals surface area contributed by atoms with E-state index in [0.29, 0.717) is 31.2 Å². The van der Waals surface area contributed by atoms with Crippen molar-refractivity contribution in [2.75, 3.05) is 26.8 Å². The summed E-state index contributed by atoms with van der Waals surface area (Å²) in [7, 11) is 1.65. The van der Waals surface area contributed by atoms with Crippen LogP contribution in [0.3, 0.4) is 0 Å². The first-order valence-electron chi connectivity index (χ1n) is 7.65. The number of ether oxygens (including phenoxy) is 1. The minimum absolute atomic E-state index is 0.0359. The van der Waals surface area contributed by atoms with Gasteiger partial charge in [0.1, 0.15) is 0 Å². The second kappa shape index (κ2) is 8.08. The maximum Gasteiger partial charge on any atom is 0.251 e. The van der Waals surface area contributed by atoms with Gasteiger partial charge >= 0.3 is 0 Å². The van der Waals surface area contributed by atoms with Crippen LogP contribution in [0.4, 0.5) is 0 Å². The molecule has 0 bridgehead atoms. The Morgan fingerprint density at radius 2 is 1.91 bits per heavy atom. The fraction of sp³-hybridized carbons (Fsp3) is 0.412. The van der Waals surface area contributed by atoms with E-state index < -0.39 is 0 Å². The molecule has 124 valence electrons. The second-order valence-electron chi connectivity index (χ2n) is 5.54. The molecule has 0 saturated heterocycles. The van der Waals surface area contributed by atoms with E-state index in [4.69, 9.17) is 17.0 Å². The van der Waals surface area contributed by atoms with E-state index in [9.17, 15) is 4.79 Å². The molecular weight excluding hydrogens is 310 g/mol. The van der Waals surface area contributed by atoms with Gasteiger partial charge in [-0.15, -0.1) is 0 Å². The number of hydrogen-bond donors (Lipinski definition) is 3. The molecule has 0 unspecified atom stereocenters. The summed E-state index contributed by atoms with van der Waals surface area (Å²) < 4.78 is 4.95. The number of rotatable bonds is 6. The number of pyridine rings is 1. The van der Waals surface area contributed by atoms with Gasteiger partial charge in [0.2, 0.25) is 0 Å². The second-order valence-corrected chi connectivity index (χ2v) is 5.95. The molecule has 6 heteroatoms. The molecule has 0 aliphatic carbocycles. The average Bonchev–Trinajstić information content (AvgIpc) is 2.52. The van der Waals surface area contributed by atoms with Gasteiger partial charge in [0.25, 0.3) is 5.56 Å². The van der Waals surface area contributed by atoms with E-state index in [2.05, 4.69) is 28.6 Å². The molecule has 0 amide bonds. The molecule has 5 nitrogen and oxygen atoms in total. The number of aryl methyl sites for hydroxylation is 2. The minimum atomic E-state index is -0.0359. The van der Waals surface area contributed by atoms with Gasteiger partial charge in [0.15, 0.2) is 5.11 Å². The third-order valence-corrected chi connectivity index (χ3v) is 4.08. The highest BCUT2D eigenvalue weighted by Crippen LogP contribution is 2.19. The average molecular weight is 333 g/mol. The molecule has 0 radical (unpaired) electrons. The summed E-state index contributed by atoms with van der Waals surface area (Å²) >= 11 is 5.17. The van der Waals surface area contributed by atoms with Gasteiger partial charge in [-0.2, -0.15) is 0 Å². The molecule has 0 spiro atoms. The van der Waals surface area contributed by atoms with Crippen LogP contribution >= 0.6 is 12.2 Å². The van der Waals surface area contributed by atoms with E-state index in [-0.39, 0.29) is 5.56 Å². The number of H-pyrrole nitrogens is 1. The zero-order chi connectivity index (χ0) is 16.8. The maximum atomic E-state index is 12.2. The molecule has 1 heterocycles. The lowest BCUT2D eigenvalue weighted by atomic mass is 10.0. The van der Waals surface area contributed by atoms with Gasteiger partial charge in [-0.3, -0.25) is 4.79 Å². The quantitative estimate of drug-likeness (QED) is 0.556. The van der Waals surface area contributed by atoms with Crippen molar-refractivity contribution >= 4 is 28.2 Å². The van der Waals surface area contributed by atoms with Gasteiger partial charge in [-0.1, -0.05) is 12.1 Å². The van der Waals surface area contributed by atoms with Crippen molar-refractivity contribution in [3.63, 3.8) is 0 Å². The number of methoxy groups -OCH3 is 1. The number of aromatic nitrogens is 1. The minimum Gasteiger partial charge on any atom is -0.383 e. The van der Waals surface area contributed by atoms with Crippen LogP contribution in [0.15, 0.2) is 23.0 Å². The molecule has 0 aliphatic heterocycles.